The van der Waals surface area contributed by atoms with Gasteiger partial charge in [0.05, 0.1) is 0 Å². The molecule has 9 heavy (non-hydrogen) atoms. The zero-order chi connectivity index (χ0) is 7.28. The third-order valence-electron chi connectivity index (χ3n) is 0.925. The molecule has 1 heteroatoms. The van der Waals surface area contributed by atoms with E-state index in [-0.39, 0.29) is 0 Å². The lowest BCUT2D eigenvalue weighted by atomic mass is 10.2. The second-order valence-corrected chi connectivity index (χ2v) is 3.56. The summed E-state index contributed by atoms with van der Waals surface area (Å²) in [7, 11) is 0. The van der Waals surface area contributed by atoms with Gasteiger partial charge in [0.15, 0.2) is 0 Å². The van der Waals surface area contributed by atoms with Gasteiger partial charge in [0, 0.05) is 0 Å². The lowest BCUT2D eigenvalue weighted by molar-refractivity contribution is 1.27. The number of hydrogen-bond acceptors (Lipinski definition) is 0. The van der Waals surface area contributed by atoms with Crippen molar-refractivity contribution >= 4 is 15.9 Å². The molecule has 0 aromatic carbocycles. The monoisotopic (exact) mass is 188 g/mol. The molecule has 0 aromatic heterocycles. The summed E-state index contributed by atoms with van der Waals surface area (Å²) in [4.78, 5) is 0. The molecule has 0 atom stereocenters. The highest BCUT2D eigenvalue weighted by atomic mass is 79.9. The first-order valence-corrected chi connectivity index (χ1v) is 3.88. The largest absolute Gasteiger partial charge is 0.0821 e. The fourth-order valence-corrected chi connectivity index (χ4v) is 0.644. The molecule has 0 fully saturated rings. The summed E-state index contributed by atoms with van der Waals surface area (Å²) < 4.78 is 1.21. The molecule has 0 amide bonds. The van der Waals surface area contributed by atoms with Gasteiger partial charge in [0.2, 0.25) is 0 Å². The zero-order valence-electron chi connectivity index (χ0n) is 6.24. The summed E-state index contributed by atoms with van der Waals surface area (Å²) in [5.74, 6) is 0. The Morgan fingerprint density at radius 3 is 2.11 bits per heavy atom. The first-order valence-electron chi connectivity index (χ1n) is 3.08. The maximum atomic E-state index is 3.36. The van der Waals surface area contributed by atoms with E-state index < -0.39 is 0 Å². The molecule has 0 aliphatic rings. The van der Waals surface area contributed by atoms with Gasteiger partial charge < -0.3 is 0 Å². The van der Waals surface area contributed by atoms with Crippen LogP contribution in [0.5, 0.6) is 0 Å². The summed E-state index contributed by atoms with van der Waals surface area (Å²) >= 11 is 3.36. The Labute approximate surface area is 65.8 Å². The standard InChI is InChI=1S/C8H13Br/c1-7(2)5-4-6-8(3)9/h5-6H,4H2,1-3H3/b8-6+. The van der Waals surface area contributed by atoms with E-state index in [4.69, 9.17) is 0 Å². The topological polar surface area (TPSA) is 0 Å². The van der Waals surface area contributed by atoms with Gasteiger partial charge in [-0.15, -0.1) is 0 Å². The van der Waals surface area contributed by atoms with Crippen molar-refractivity contribution in [3.8, 4) is 0 Å². The first kappa shape index (κ1) is 8.96. The Bertz CT molecular complexity index is 108. The van der Waals surface area contributed by atoms with Gasteiger partial charge in [-0.3, -0.25) is 0 Å². The van der Waals surface area contributed by atoms with Crippen LogP contribution in [0.1, 0.15) is 27.2 Å². The smallest absolute Gasteiger partial charge is 0.0117 e. The molecule has 0 radical (unpaired) electrons. The van der Waals surface area contributed by atoms with Crippen LogP contribution in [-0.2, 0) is 0 Å². The van der Waals surface area contributed by atoms with Gasteiger partial charge in [0.1, 0.15) is 0 Å². The molecule has 0 aromatic rings. The van der Waals surface area contributed by atoms with Crippen molar-refractivity contribution in [2.75, 3.05) is 0 Å². The highest BCUT2D eigenvalue weighted by molar-refractivity contribution is 9.11. The number of rotatable bonds is 2. The predicted octanol–water partition coefficient (Wildman–Crippen LogP) is 3.64. The van der Waals surface area contributed by atoms with E-state index >= 15 is 0 Å². The van der Waals surface area contributed by atoms with E-state index in [0.29, 0.717) is 0 Å². The minimum Gasteiger partial charge on any atom is -0.0821 e. The molecule has 0 unspecified atom stereocenters. The van der Waals surface area contributed by atoms with Gasteiger partial charge >= 0.3 is 0 Å². The Hall–Kier alpha value is -0.0400. The summed E-state index contributed by atoms with van der Waals surface area (Å²) in [6.07, 6.45) is 5.39. The van der Waals surface area contributed by atoms with E-state index in [1.165, 1.54) is 10.1 Å². The van der Waals surface area contributed by atoms with Crippen LogP contribution in [0, 0.1) is 0 Å². The van der Waals surface area contributed by atoms with Crippen molar-refractivity contribution in [2.45, 2.75) is 27.2 Å². The van der Waals surface area contributed by atoms with Gasteiger partial charge in [-0.25, -0.2) is 0 Å². The maximum Gasteiger partial charge on any atom is -0.0117 e. The van der Waals surface area contributed by atoms with Crippen LogP contribution < -0.4 is 0 Å². The molecule has 0 saturated carbocycles. The fraction of sp³-hybridized carbons (Fsp3) is 0.500. The van der Waals surface area contributed by atoms with E-state index in [2.05, 4.69) is 41.9 Å². The predicted molar refractivity (Wildman–Crippen MR) is 46.7 cm³/mol. The van der Waals surface area contributed by atoms with Crippen LogP contribution in [-0.4, -0.2) is 0 Å². The fourth-order valence-electron chi connectivity index (χ4n) is 0.457. The second-order valence-electron chi connectivity index (χ2n) is 2.31. The maximum absolute atomic E-state index is 3.36. The van der Waals surface area contributed by atoms with E-state index in [9.17, 15) is 0 Å². The Kier molecular flexibility index (Phi) is 4.78. The zero-order valence-corrected chi connectivity index (χ0v) is 7.83. The van der Waals surface area contributed by atoms with Crippen LogP contribution in [0.2, 0.25) is 0 Å². The van der Waals surface area contributed by atoms with Crippen molar-refractivity contribution in [1.82, 2.24) is 0 Å². The van der Waals surface area contributed by atoms with Gasteiger partial charge in [0.25, 0.3) is 0 Å². The molecule has 0 heterocycles. The Morgan fingerprint density at radius 2 is 1.78 bits per heavy atom. The van der Waals surface area contributed by atoms with Gasteiger partial charge in [-0.05, 0) is 31.7 Å². The highest BCUT2D eigenvalue weighted by Crippen LogP contribution is 2.04. The molecule has 0 N–H and O–H groups in total. The summed E-state index contributed by atoms with van der Waals surface area (Å²) in [5.41, 5.74) is 1.38. The summed E-state index contributed by atoms with van der Waals surface area (Å²) in [5, 5.41) is 0. The normalized spacial score (nSPS) is 11.3. The lowest BCUT2D eigenvalue weighted by Crippen LogP contribution is -1.64. The van der Waals surface area contributed by atoms with E-state index in [0.717, 1.165) is 6.42 Å². The SMILES string of the molecule is CC(C)=CC/C=C(\C)Br. The van der Waals surface area contributed by atoms with Crippen molar-refractivity contribution < 1.29 is 0 Å². The minimum atomic E-state index is 1.04. The third kappa shape index (κ3) is 7.96. The first-order chi connectivity index (χ1) is 4.13. The molecular weight excluding hydrogens is 176 g/mol. The van der Waals surface area contributed by atoms with Crippen LogP contribution in [0.3, 0.4) is 0 Å². The minimum absolute atomic E-state index is 1.04. The van der Waals surface area contributed by atoms with Crippen molar-refractivity contribution in [3.63, 3.8) is 0 Å². The summed E-state index contributed by atoms with van der Waals surface area (Å²) in [6, 6.07) is 0. The molecule has 0 rings (SSSR count). The lowest BCUT2D eigenvalue weighted by Gasteiger charge is -1.86. The van der Waals surface area contributed by atoms with Crippen LogP contribution in [0.4, 0.5) is 0 Å². The average molecular weight is 189 g/mol. The molecule has 0 aliphatic heterocycles. The summed E-state index contributed by atoms with van der Waals surface area (Å²) in [6.45, 7) is 6.26. The van der Waals surface area contributed by atoms with E-state index in [1.54, 1.807) is 0 Å². The van der Waals surface area contributed by atoms with Gasteiger partial charge in [-0.1, -0.05) is 33.7 Å². The number of hydrogen-bond donors (Lipinski definition) is 0. The van der Waals surface area contributed by atoms with E-state index in [1.807, 2.05) is 6.92 Å². The molecule has 0 aliphatic carbocycles. The number of allylic oxidation sites excluding steroid dienone is 4. The Balaban J connectivity index is 3.53. The second kappa shape index (κ2) is 4.80. The van der Waals surface area contributed by atoms with Crippen molar-refractivity contribution in [3.05, 3.63) is 22.2 Å². The van der Waals surface area contributed by atoms with Crippen LogP contribution in [0.25, 0.3) is 0 Å². The average Bonchev–Trinajstić information content (AvgIpc) is 1.63. The molecular formula is C8H13Br. The van der Waals surface area contributed by atoms with Crippen LogP contribution >= 0.6 is 15.9 Å². The molecule has 52 valence electrons. The van der Waals surface area contributed by atoms with Crippen LogP contribution in [0.15, 0.2) is 22.2 Å². The molecule has 0 saturated heterocycles. The molecule has 0 spiro atoms. The van der Waals surface area contributed by atoms with Crippen molar-refractivity contribution in [1.29, 1.82) is 0 Å². The Morgan fingerprint density at radius 1 is 1.22 bits per heavy atom. The third-order valence-corrected chi connectivity index (χ3v) is 1.25. The van der Waals surface area contributed by atoms with Crippen molar-refractivity contribution in [2.24, 2.45) is 0 Å². The molecule has 0 bridgehead atoms. The quantitative estimate of drug-likeness (QED) is 0.581. The number of halogens is 1. The van der Waals surface area contributed by atoms with Gasteiger partial charge in [-0.2, -0.15) is 0 Å². The molecule has 0 nitrogen and oxygen atoms in total. The highest BCUT2D eigenvalue weighted by Gasteiger charge is 1.77.